The van der Waals surface area contributed by atoms with Crippen molar-refractivity contribution in [3.8, 4) is 0 Å². The van der Waals surface area contributed by atoms with Crippen LogP contribution in [0.5, 0.6) is 0 Å². The summed E-state index contributed by atoms with van der Waals surface area (Å²) in [5.41, 5.74) is -3.16. The summed E-state index contributed by atoms with van der Waals surface area (Å²) >= 11 is 5.51. The molecule has 9 heteroatoms. The molecule has 3 nitrogen and oxygen atoms in total. The van der Waals surface area contributed by atoms with Gasteiger partial charge in [-0.1, -0.05) is 11.6 Å². The molecule has 0 fully saturated rings. The maximum Gasteiger partial charge on any atom is 0.433 e. The Morgan fingerprint density at radius 3 is 2.47 bits per heavy atom. The van der Waals surface area contributed by atoms with E-state index < -0.39 is 47.0 Å². The number of carbonyl (C=O) groups is 1. The fraction of sp³-hybridized carbons (Fsp3) is 0.400. The summed E-state index contributed by atoms with van der Waals surface area (Å²) in [6.45, 7) is 0. The summed E-state index contributed by atoms with van der Waals surface area (Å²) in [5, 5.41) is -0.673. The first kappa shape index (κ1) is 15.6. The summed E-state index contributed by atoms with van der Waals surface area (Å²) in [4.78, 5) is 13.8. The van der Waals surface area contributed by atoms with Crippen molar-refractivity contribution in [1.29, 1.82) is 0 Å². The molecular weight excluding hydrogens is 297 g/mol. The molecule has 0 radical (unpaired) electrons. The number of pyridine rings is 1. The standard InChI is InChI=1S/C10H7ClF5NO2/c1-19-6(18)3-4-2-5(10(14,15)16)17-8(7(4)11)9(12)13/h2,9H,3H2,1H3. The number of methoxy groups -OCH3 is 1. The van der Waals surface area contributed by atoms with E-state index >= 15 is 0 Å². The Morgan fingerprint density at radius 2 is 2.05 bits per heavy atom. The third-order valence-electron chi connectivity index (χ3n) is 2.12. The van der Waals surface area contributed by atoms with Crippen LogP contribution < -0.4 is 0 Å². The van der Waals surface area contributed by atoms with Crippen molar-refractivity contribution in [2.75, 3.05) is 7.11 Å². The molecule has 0 atom stereocenters. The third-order valence-corrected chi connectivity index (χ3v) is 2.55. The van der Waals surface area contributed by atoms with Gasteiger partial charge in [-0.05, 0) is 11.6 Å². The topological polar surface area (TPSA) is 39.2 Å². The van der Waals surface area contributed by atoms with E-state index in [0.717, 1.165) is 7.11 Å². The highest BCUT2D eigenvalue weighted by molar-refractivity contribution is 6.32. The maximum absolute atomic E-state index is 12.6. The van der Waals surface area contributed by atoms with Gasteiger partial charge in [-0.3, -0.25) is 4.79 Å². The molecule has 19 heavy (non-hydrogen) atoms. The molecule has 0 aromatic carbocycles. The van der Waals surface area contributed by atoms with E-state index in [1.807, 2.05) is 0 Å². The van der Waals surface area contributed by atoms with Crippen molar-refractivity contribution in [2.45, 2.75) is 19.0 Å². The van der Waals surface area contributed by atoms with Crippen molar-refractivity contribution < 1.29 is 31.5 Å². The summed E-state index contributed by atoms with van der Waals surface area (Å²) in [6.07, 6.45) is -8.86. The van der Waals surface area contributed by atoms with Crippen molar-refractivity contribution in [1.82, 2.24) is 4.98 Å². The number of ether oxygens (including phenoxy) is 1. The lowest BCUT2D eigenvalue weighted by atomic mass is 10.1. The molecule has 0 aliphatic rings. The van der Waals surface area contributed by atoms with Crippen LogP contribution in [0.15, 0.2) is 6.07 Å². The van der Waals surface area contributed by atoms with Crippen LogP contribution in [0.2, 0.25) is 5.02 Å². The van der Waals surface area contributed by atoms with Gasteiger partial charge in [0.25, 0.3) is 6.43 Å². The lowest BCUT2D eigenvalue weighted by molar-refractivity contribution is -0.142. The monoisotopic (exact) mass is 303 g/mol. The number of alkyl halides is 5. The first-order valence-corrected chi connectivity index (χ1v) is 5.16. The minimum atomic E-state index is -4.92. The molecule has 0 aliphatic carbocycles. The second kappa shape index (κ2) is 5.68. The molecule has 1 rings (SSSR count). The van der Waals surface area contributed by atoms with Crippen LogP contribution in [0.1, 0.15) is 23.4 Å². The predicted molar refractivity (Wildman–Crippen MR) is 54.9 cm³/mol. The van der Waals surface area contributed by atoms with Crippen LogP contribution in [0, 0.1) is 0 Å². The van der Waals surface area contributed by atoms with Gasteiger partial charge in [0.2, 0.25) is 0 Å². The number of halogens is 6. The summed E-state index contributed by atoms with van der Waals surface area (Å²) < 4.78 is 66.9. The first-order chi connectivity index (χ1) is 8.66. The van der Waals surface area contributed by atoms with E-state index in [9.17, 15) is 26.7 Å². The van der Waals surface area contributed by atoms with E-state index in [0.29, 0.717) is 6.07 Å². The lowest BCUT2D eigenvalue weighted by Gasteiger charge is -2.13. The zero-order valence-corrected chi connectivity index (χ0v) is 10.1. The average Bonchev–Trinajstić information content (AvgIpc) is 2.29. The smallest absolute Gasteiger partial charge is 0.433 e. The Balaban J connectivity index is 3.36. The zero-order chi connectivity index (χ0) is 14.8. The van der Waals surface area contributed by atoms with Crippen LogP contribution in [0.25, 0.3) is 0 Å². The molecule has 106 valence electrons. The van der Waals surface area contributed by atoms with Gasteiger partial charge in [0.1, 0.15) is 11.4 Å². The number of nitrogens with zero attached hydrogens (tertiary/aromatic N) is 1. The van der Waals surface area contributed by atoms with E-state index in [-0.39, 0.29) is 0 Å². The van der Waals surface area contributed by atoms with Gasteiger partial charge in [-0.25, -0.2) is 13.8 Å². The first-order valence-electron chi connectivity index (χ1n) is 4.78. The van der Waals surface area contributed by atoms with Gasteiger partial charge in [0.05, 0.1) is 18.6 Å². The van der Waals surface area contributed by atoms with Crippen LogP contribution in [-0.2, 0) is 22.1 Å². The Labute approximate surface area is 109 Å². The van der Waals surface area contributed by atoms with E-state index in [4.69, 9.17) is 11.6 Å². The molecule has 1 heterocycles. The zero-order valence-electron chi connectivity index (χ0n) is 9.39. The lowest BCUT2D eigenvalue weighted by Crippen LogP contribution is -2.14. The minimum absolute atomic E-state index is 0.411. The van der Waals surface area contributed by atoms with E-state index in [2.05, 4.69) is 9.72 Å². The molecule has 0 saturated heterocycles. The number of carbonyl (C=O) groups excluding carboxylic acids is 1. The van der Waals surface area contributed by atoms with Gasteiger partial charge in [0, 0.05) is 0 Å². The molecule has 0 unspecified atom stereocenters. The van der Waals surface area contributed by atoms with Crippen LogP contribution in [0.3, 0.4) is 0 Å². The van der Waals surface area contributed by atoms with Crippen LogP contribution >= 0.6 is 11.6 Å². The average molecular weight is 304 g/mol. The highest BCUT2D eigenvalue weighted by Gasteiger charge is 2.35. The quantitative estimate of drug-likeness (QED) is 0.634. The second-order valence-corrected chi connectivity index (χ2v) is 3.80. The highest BCUT2D eigenvalue weighted by atomic mass is 35.5. The van der Waals surface area contributed by atoms with E-state index in [1.165, 1.54) is 0 Å². The molecule has 0 aliphatic heterocycles. The molecule has 0 spiro atoms. The number of hydrogen-bond donors (Lipinski definition) is 0. The van der Waals surface area contributed by atoms with Crippen molar-refractivity contribution in [2.24, 2.45) is 0 Å². The number of rotatable bonds is 3. The molecule has 0 saturated carbocycles. The molecule has 0 amide bonds. The Hall–Kier alpha value is -1.44. The van der Waals surface area contributed by atoms with Gasteiger partial charge >= 0.3 is 12.1 Å². The second-order valence-electron chi connectivity index (χ2n) is 3.42. The normalized spacial score (nSPS) is 11.8. The Kier molecular flexibility index (Phi) is 4.67. The number of hydrogen-bond acceptors (Lipinski definition) is 3. The Bertz CT molecular complexity index is 490. The van der Waals surface area contributed by atoms with Gasteiger partial charge in [-0.15, -0.1) is 0 Å². The Morgan fingerprint density at radius 1 is 1.47 bits per heavy atom. The minimum Gasteiger partial charge on any atom is -0.469 e. The predicted octanol–water partition coefficient (Wildman–Crippen LogP) is 3.41. The van der Waals surface area contributed by atoms with Crippen molar-refractivity contribution >= 4 is 17.6 Å². The summed E-state index contributed by atoms with van der Waals surface area (Å²) in [5.74, 6) is -0.901. The van der Waals surface area contributed by atoms with Crippen molar-refractivity contribution in [3.63, 3.8) is 0 Å². The summed E-state index contributed by atoms with van der Waals surface area (Å²) in [6, 6.07) is 0.450. The molecule has 0 bridgehead atoms. The highest BCUT2D eigenvalue weighted by Crippen LogP contribution is 2.35. The molecule has 0 N–H and O–H groups in total. The molecule has 1 aromatic heterocycles. The largest absolute Gasteiger partial charge is 0.469 e. The van der Waals surface area contributed by atoms with Gasteiger partial charge < -0.3 is 4.74 Å². The number of aromatic nitrogens is 1. The fourth-order valence-corrected chi connectivity index (χ4v) is 1.50. The maximum atomic E-state index is 12.6. The molecule has 1 aromatic rings. The fourth-order valence-electron chi connectivity index (χ4n) is 1.25. The number of esters is 1. The summed E-state index contributed by atoms with van der Waals surface area (Å²) in [7, 11) is 1.01. The van der Waals surface area contributed by atoms with Gasteiger partial charge in [0.15, 0.2) is 0 Å². The SMILES string of the molecule is COC(=O)Cc1cc(C(F)(F)F)nc(C(F)F)c1Cl. The van der Waals surface area contributed by atoms with Gasteiger partial charge in [-0.2, -0.15) is 13.2 Å². The van der Waals surface area contributed by atoms with Crippen molar-refractivity contribution in [3.05, 3.63) is 28.0 Å². The third kappa shape index (κ3) is 3.76. The van der Waals surface area contributed by atoms with E-state index in [1.54, 1.807) is 0 Å². The molecular formula is C10H7ClF5NO2. The van der Waals surface area contributed by atoms with Crippen LogP contribution in [-0.4, -0.2) is 18.1 Å². The van der Waals surface area contributed by atoms with Crippen LogP contribution in [0.4, 0.5) is 22.0 Å².